The monoisotopic (exact) mass is 547 g/mol. The van der Waals surface area contributed by atoms with E-state index in [1.807, 2.05) is 13.0 Å². The van der Waals surface area contributed by atoms with Crippen LogP contribution in [-0.4, -0.2) is 42.7 Å². The number of carboxylic acids is 1. The van der Waals surface area contributed by atoms with Gasteiger partial charge in [0.15, 0.2) is 0 Å². The van der Waals surface area contributed by atoms with Gasteiger partial charge in [0.05, 0.1) is 39.7 Å². The second kappa shape index (κ2) is 9.87. The molecule has 4 atom stereocenters. The lowest BCUT2D eigenvalue weighted by atomic mass is 9.76. The molecule has 0 aliphatic carbocycles. The van der Waals surface area contributed by atoms with E-state index in [9.17, 15) is 34.4 Å². The standard InChI is InChI=1S/C28H29N5O7/c1-4-5-14-28(27(37)38)22-21(24(34)31(26(22)36)18-12-9-13-19(15-18)33(39)40)23(29-28)20-16(2)30(3)32(25(20)35)17-10-7-6-8-11-17/h6-13,15,21-23,29H,4-5,14H2,1-3H3,(H,37,38). The lowest BCUT2D eigenvalue weighted by molar-refractivity contribution is -0.384. The van der Waals surface area contributed by atoms with E-state index < -0.39 is 51.7 Å². The Kier molecular flexibility index (Phi) is 6.66. The van der Waals surface area contributed by atoms with Crippen molar-refractivity contribution < 1.29 is 24.4 Å². The maximum Gasteiger partial charge on any atom is 0.324 e. The van der Waals surface area contributed by atoms with Crippen molar-refractivity contribution in [3.8, 4) is 5.69 Å². The van der Waals surface area contributed by atoms with Gasteiger partial charge in [0.25, 0.3) is 11.2 Å². The summed E-state index contributed by atoms with van der Waals surface area (Å²) in [7, 11) is 1.69. The molecule has 0 radical (unpaired) electrons. The van der Waals surface area contributed by atoms with Crippen LogP contribution >= 0.6 is 0 Å². The van der Waals surface area contributed by atoms with Crippen LogP contribution in [0.2, 0.25) is 0 Å². The number of carbonyl (C=O) groups is 3. The fourth-order valence-corrected chi connectivity index (χ4v) is 6.19. The highest BCUT2D eigenvalue weighted by molar-refractivity contribution is 6.24. The quantitative estimate of drug-likeness (QED) is 0.248. The maximum absolute atomic E-state index is 14.0. The Bertz CT molecular complexity index is 1590. The number of rotatable bonds is 8. The number of carboxylic acid groups (broad SMARTS) is 1. The summed E-state index contributed by atoms with van der Waals surface area (Å²) >= 11 is 0. The van der Waals surface area contributed by atoms with E-state index in [0.29, 0.717) is 24.2 Å². The first-order valence-electron chi connectivity index (χ1n) is 13.0. The van der Waals surface area contributed by atoms with Crippen molar-refractivity contribution in [1.29, 1.82) is 0 Å². The second-order valence-corrected chi connectivity index (χ2v) is 10.3. The van der Waals surface area contributed by atoms with Crippen LogP contribution in [0.1, 0.15) is 43.5 Å². The number of aliphatic carboxylic acids is 1. The van der Waals surface area contributed by atoms with E-state index in [2.05, 4.69) is 5.32 Å². The van der Waals surface area contributed by atoms with Gasteiger partial charge in [-0.1, -0.05) is 44.0 Å². The van der Waals surface area contributed by atoms with E-state index >= 15 is 0 Å². The molecule has 2 N–H and O–H groups in total. The number of aromatic nitrogens is 2. The summed E-state index contributed by atoms with van der Waals surface area (Å²) in [4.78, 5) is 66.4. The van der Waals surface area contributed by atoms with Gasteiger partial charge in [-0.3, -0.25) is 39.3 Å². The Morgan fingerprint density at radius 3 is 2.38 bits per heavy atom. The molecule has 5 rings (SSSR count). The SMILES string of the molecule is CCCCC1(C(=O)O)NC(c2c(C)n(C)n(-c3ccccc3)c2=O)C2C(=O)N(c3cccc([N+](=O)[O-])c3)C(=O)C21. The average molecular weight is 548 g/mol. The number of nitro groups is 1. The number of non-ortho nitro benzene ring substituents is 1. The molecule has 12 nitrogen and oxygen atoms in total. The number of benzene rings is 2. The number of nitrogens with zero attached hydrogens (tertiary/aromatic N) is 4. The molecular formula is C28H29N5O7. The molecule has 3 aromatic rings. The third kappa shape index (κ3) is 3.86. The van der Waals surface area contributed by atoms with Gasteiger partial charge in [-0.05, 0) is 31.5 Å². The summed E-state index contributed by atoms with van der Waals surface area (Å²) in [6.07, 6.45) is 1.15. The van der Waals surface area contributed by atoms with Gasteiger partial charge in [-0.2, -0.15) is 0 Å². The van der Waals surface area contributed by atoms with E-state index in [0.717, 1.165) is 11.0 Å². The number of hydrogen-bond donors (Lipinski definition) is 2. The summed E-state index contributed by atoms with van der Waals surface area (Å²) < 4.78 is 3.07. The van der Waals surface area contributed by atoms with Crippen molar-refractivity contribution >= 4 is 29.2 Å². The van der Waals surface area contributed by atoms with Crippen molar-refractivity contribution in [2.24, 2.45) is 18.9 Å². The van der Waals surface area contributed by atoms with Gasteiger partial charge < -0.3 is 5.11 Å². The first-order chi connectivity index (χ1) is 19.0. The van der Waals surface area contributed by atoms with E-state index in [4.69, 9.17) is 0 Å². The highest BCUT2D eigenvalue weighted by atomic mass is 16.6. The second-order valence-electron chi connectivity index (χ2n) is 10.3. The number of carbonyl (C=O) groups excluding carboxylic acids is 2. The minimum atomic E-state index is -1.82. The minimum absolute atomic E-state index is 0.0152. The molecule has 2 aliphatic heterocycles. The van der Waals surface area contributed by atoms with Crippen molar-refractivity contribution in [1.82, 2.24) is 14.7 Å². The number of nitro benzene ring substituents is 1. The van der Waals surface area contributed by atoms with Crippen LogP contribution in [0.5, 0.6) is 0 Å². The highest BCUT2D eigenvalue weighted by Gasteiger charge is 2.69. The van der Waals surface area contributed by atoms with Crippen LogP contribution in [0.4, 0.5) is 11.4 Å². The molecule has 3 heterocycles. The van der Waals surface area contributed by atoms with Crippen LogP contribution in [0, 0.1) is 28.9 Å². The van der Waals surface area contributed by atoms with Crippen LogP contribution in [0.15, 0.2) is 59.4 Å². The zero-order valence-electron chi connectivity index (χ0n) is 22.2. The van der Waals surface area contributed by atoms with Gasteiger partial charge >= 0.3 is 5.97 Å². The molecule has 2 saturated heterocycles. The average Bonchev–Trinajstić information content (AvgIpc) is 3.49. The van der Waals surface area contributed by atoms with E-state index in [-0.39, 0.29) is 23.4 Å². The molecule has 0 bridgehead atoms. The lowest BCUT2D eigenvalue weighted by Gasteiger charge is -2.31. The number of anilines is 1. The Labute approximate surface area is 228 Å². The lowest BCUT2D eigenvalue weighted by Crippen LogP contribution is -2.56. The van der Waals surface area contributed by atoms with Gasteiger partial charge in [0, 0.05) is 24.9 Å². The van der Waals surface area contributed by atoms with Crippen molar-refractivity contribution in [3.63, 3.8) is 0 Å². The molecule has 2 aromatic carbocycles. The molecule has 0 spiro atoms. The van der Waals surface area contributed by atoms with Gasteiger partial charge in [0.2, 0.25) is 11.8 Å². The fourth-order valence-electron chi connectivity index (χ4n) is 6.19. The van der Waals surface area contributed by atoms with Gasteiger partial charge in [-0.15, -0.1) is 0 Å². The molecule has 1 aromatic heterocycles. The molecular weight excluding hydrogens is 518 g/mol. The van der Waals surface area contributed by atoms with Crippen molar-refractivity contribution in [2.75, 3.05) is 4.90 Å². The number of nitrogens with one attached hydrogen (secondary N) is 1. The summed E-state index contributed by atoms with van der Waals surface area (Å²) in [5.41, 5.74) is -1.29. The molecule has 4 unspecified atom stereocenters. The maximum atomic E-state index is 14.0. The Morgan fingerprint density at radius 2 is 1.75 bits per heavy atom. The molecule has 208 valence electrons. The molecule has 2 fully saturated rings. The van der Waals surface area contributed by atoms with Crippen LogP contribution in [0.25, 0.3) is 5.69 Å². The molecule has 0 saturated carbocycles. The van der Waals surface area contributed by atoms with Crippen LogP contribution in [-0.2, 0) is 21.4 Å². The number of para-hydroxylation sites is 1. The number of unbranched alkanes of at least 4 members (excludes halogenated alkanes) is 1. The topological polar surface area (TPSA) is 157 Å². The summed E-state index contributed by atoms with van der Waals surface area (Å²) in [6, 6.07) is 12.9. The van der Waals surface area contributed by atoms with Crippen molar-refractivity contribution in [3.05, 3.63) is 86.3 Å². The Morgan fingerprint density at radius 1 is 1.07 bits per heavy atom. The largest absolute Gasteiger partial charge is 0.480 e. The zero-order valence-corrected chi connectivity index (χ0v) is 22.2. The number of hydrogen-bond acceptors (Lipinski definition) is 7. The number of imide groups is 1. The Hall–Kier alpha value is -4.58. The highest BCUT2D eigenvalue weighted by Crippen LogP contribution is 2.51. The zero-order chi connectivity index (χ0) is 28.9. The fraction of sp³-hybridized carbons (Fsp3) is 0.357. The smallest absolute Gasteiger partial charge is 0.324 e. The first kappa shape index (κ1) is 27.0. The summed E-state index contributed by atoms with van der Waals surface area (Å²) in [5, 5.41) is 25.0. The van der Waals surface area contributed by atoms with Crippen LogP contribution < -0.4 is 15.8 Å². The van der Waals surface area contributed by atoms with Gasteiger partial charge in [0.1, 0.15) is 5.54 Å². The van der Waals surface area contributed by atoms with E-state index in [1.165, 1.54) is 22.9 Å². The number of amides is 2. The number of fused-ring (bicyclic) bond motifs is 1. The summed E-state index contributed by atoms with van der Waals surface area (Å²) in [6.45, 7) is 3.59. The van der Waals surface area contributed by atoms with Crippen LogP contribution in [0.3, 0.4) is 0 Å². The minimum Gasteiger partial charge on any atom is -0.480 e. The molecule has 2 amide bonds. The first-order valence-corrected chi connectivity index (χ1v) is 13.0. The van der Waals surface area contributed by atoms with Gasteiger partial charge in [-0.25, -0.2) is 9.58 Å². The summed E-state index contributed by atoms with van der Waals surface area (Å²) in [5.74, 6) is -5.30. The van der Waals surface area contributed by atoms with Crippen molar-refractivity contribution in [2.45, 2.75) is 44.7 Å². The Balaban J connectivity index is 1.70. The predicted octanol–water partition coefficient (Wildman–Crippen LogP) is 2.86. The molecule has 2 aliphatic rings. The normalized spacial score (nSPS) is 24.0. The third-order valence-electron chi connectivity index (χ3n) is 8.17. The molecule has 12 heteroatoms. The predicted molar refractivity (Wildman–Crippen MR) is 144 cm³/mol. The third-order valence-corrected chi connectivity index (χ3v) is 8.17. The van der Waals surface area contributed by atoms with E-state index in [1.54, 1.807) is 42.9 Å². The molecule has 40 heavy (non-hydrogen) atoms.